The van der Waals surface area contributed by atoms with Crippen LogP contribution in [0.25, 0.3) is 11.1 Å². The second kappa shape index (κ2) is 2.99. The Labute approximate surface area is 75.5 Å². The summed E-state index contributed by atoms with van der Waals surface area (Å²) in [5.74, 6) is 0. The zero-order valence-electron chi connectivity index (χ0n) is 6.45. The van der Waals surface area contributed by atoms with E-state index in [1.807, 2.05) is 35.7 Å². The number of thiophene rings is 1. The fourth-order valence-corrected chi connectivity index (χ4v) is 1.68. The van der Waals surface area contributed by atoms with E-state index in [4.69, 9.17) is 5.73 Å². The van der Waals surface area contributed by atoms with Crippen molar-refractivity contribution in [2.24, 2.45) is 0 Å². The smallest absolute Gasteiger partial charge is 0.0527 e. The molecule has 0 saturated carbocycles. The molecule has 12 heavy (non-hydrogen) atoms. The fraction of sp³-hybridized carbons (Fsp3) is 0. The highest BCUT2D eigenvalue weighted by molar-refractivity contribution is 7.07. The number of anilines is 1. The van der Waals surface area contributed by atoms with Crippen molar-refractivity contribution in [3.8, 4) is 11.1 Å². The number of hydrogen-bond acceptors (Lipinski definition) is 2. The van der Waals surface area contributed by atoms with E-state index in [1.165, 1.54) is 0 Å². The van der Waals surface area contributed by atoms with Crippen LogP contribution in [-0.2, 0) is 0 Å². The van der Waals surface area contributed by atoms with Gasteiger partial charge in [0.25, 0.3) is 0 Å². The molecule has 0 bridgehead atoms. The highest BCUT2D eigenvalue weighted by Crippen LogP contribution is 2.22. The van der Waals surface area contributed by atoms with E-state index in [2.05, 4.69) is 5.38 Å². The lowest BCUT2D eigenvalue weighted by Gasteiger charge is -1.97. The molecule has 0 unspecified atom stereocenters. The van der Waals surface area contributed by atoms with E-state index >= 15 is 0 Å². The van der Waals surface area contributed by atoms with Crippen LogP contribution in [-0.4, -0.2) is 0 Å². The summed E-state index contributed by atoms with van der Waals surface area (Å²) in [4.78, 5) is 0. The van der Waals surface area contributed by atoms with E-state index in [0.717, 1.165) is 16.8 Å². The molecule has 0 aliphatic heterocycles. The van der Waals surface area contributed by atoms with Crippen molar-refractivity contribution in [3.63, 3.8) is 0 Å². The maximum absolute atomic E-state index is 5.65. The summed E-state index contributed by atoms with van der Waals surface area (Å²) in [5.41, 5.74) is 8.71. The van der Waals surface area contributed by atoms with Crippen LogP contribution in [0.3, 0.4) is 0 Å². The van der Waals surface area contributed by atoms with Gasteiger partial charge in [-0.1, -0.05) is 12.1 Å². The Morgan fingerprint density at radius 3 is 2.83 bits per heavy atom. The van der Waals surface area contributed by atoms with Gasteiger partial charge in [-0.15, -0.1) is 11.3 Å². The van der Waals surface area contributed by atoms with Gasteiger partial charge < -0.3 is 5.73 Å². The largest absolute Gasteiger partial charge is 0.399 e. The molecule has 1 nitrogen and oxygen atoms in total. The minimum Gasteiger partial charge on any atom is -0.399 e. The molecule has 2 rings (SSSR count). The van der Waals surface area contributed by atoms with E-state index < -0.39 is 0 Å². The average molecular weight is 174 g/mol. The minimum absolute atomic E-state index is 0.798. The van der Waals surface area contributed by atoms with Gasteiger partial charge in [-0.3, -0.25) is 0 Å². The average Bonchev–Trinajstić information content (AvgIpc) is 2.56. The molecule has 2 heteroatoms. The molecule has 0 amide bonds. The summed E-state index contributed by atoms with van der Waals surface area (Å²) in [7, 11) is 0. The molecular formula is C10H8NS. The summed E-state index contributed by atoms with van der Waals surface area (Å²) in [6, 6.07) is 9.87. The summed E-state index contributed by atoms with van der Waals surface area (Å²) in [5, 5.41) is 5.18. The summed E-state index contributed by atoms with van der Waals surface area (Å²) >= 11 is 1.57. The molecule has 1 aromatic heterocycles. The highest BCUT2D eigenvalue weighted by Gasteiger charge is 1.96. The molecule has 2 aromatic rings. The van der Waals surface area contributed by atoms with Crippen LogP contribution in [0.2, 0.25) is 0 Å². The number of nitrogens with two attached hydrogens (primary N) is 1. The van der Waals surface area contributed by atoms with E-state index in [0.29, 0.717) is 0 Å². The van der Waals surface area contributed by atoms with Crippen molar-refractivity contribution < 1.29 is 0 Å². The van der Waals surface area contributed by atoms with Gasteiger partial charge in [0.2, 0.25) is 0 Å². The van der Waals surface area contributed by atoms with Gasteiger partial charge in [0, 0.05) is 11.3 Å². The molecule has 0 saturated heterocycles. The third-order valence-corrected chi connectivity index (χ3v) is 2.28. The maximum atomic E-state index is 5.65. The van der Waals surface area contributed by atoms with Crippen LogP contribution < -0.4 is 5.73 Å². The second-order valence-electron chi connectivity index (χ2n) is 2.56. The summed E-state index contributed by atoms with van der Waals surface area (Å²) in [6.07, 6.45) is 0. The minimum atomic E-state index is 0.798. The second-order valence-corrected chi connectivity index (χ2v) is 3.27. The first-order valence-electron chi connectivity index (χ1n) is 3.67. The van der Waals surface area contributed by atoms with Gasteiger partial charge >= 0.3 is 0 Å². The molecular weight excluding hydrogens is 166 g/mol. The van der Waals surface area contributed by atoms with Gasteiger partial charge in [0.05, 0.1) is 5.38 Å². The first kappa shape index (κ1) is 7.37. The summed E-state index contributed by atoms with van der Waals surface area (Å²) in [6.45, 7) is 0. The third-order valence-electron chi connectivity index (χ3n) is 1.67. The van der Waals surface area contributed by atoms with Crippen molar-refractivity contribution in [1.29, 1.82) is 0 Å². The Morgan fingerprint density at radius 2 is 2.17 bits per heavy atom. The van der Waals surface area contributed by atoms with Crippen molar-refractivity contribution >= 4 is 17.0 Å². The zero-order valence-corrected chi connectivity index (χ0v) is 7.27. The van der Waals surface area contributed by atoms with Crippen LogP contribution in [0.5, 0.6) is 0 Å². The SMILES string of the molecule is Nc1cccc(-c2[c]scc2)c1. The highest BCUT2D eigenvalue weighted by atomic mass is 32.1. The monoisotopic (exact) mass is 174 g/mol. The van der Waals surface area contributed by atoms with E-state index in [9.17, 15) is 0 Å². The van der Waals surface area contributed by atoms with Gasteiger partial charge in [-0.05, 0) is 29.1 Å². The summed E-state index contributed by atoms with van der Waals surface area (Å²) < 4.78 is 0. The van der Waals surface area contributed by atoms with E-state index in [1.54, 1.807) is 11.3 Å². The standard InChI is InChI=1S/C10H8NS/c11-10-3-1-2-8(6-10)9-4-5-12-7-9/h1-6H,11H2. The van der Waals surface area contributed by atoms with Crippen LogP contribution >= 0.6 is 11.3 Å². The Morgan fingerprint density at radius 1 is 1.25 bits per heavy atom. The van der Waals surface area contributed by atoms with Crippen molar-refractivity contribution in [1.82, 2.24) is 0 Å². The Bertz CT molecular complexity index is 365. The Balaban J connectivity index is 2.48. The third kappa shape index (κ3) is 1.34. The van der Waals surface area contributed by atoms with Crippen LogP contribution in [0.15, 0.2) is 35.7 Å². The Kier molecular flexibility index (Phi) is 1.84. The van der Waals surface area contributed by atoms with Gasteiger partial charge in [0.15, 0.2) is 0 Å². The zero-order chi connectivity index (χ0) is 8.39. The predicted molar refractivity (Wildman–Crippen MR) is 53.0 cm³/mol. The molecule has 59 valence electrons. The normalized spacial score (nSPS) is 10.0. The number of rotatable bonds is 1. The van der Waals surface area contributed by atoms with Gasteiger partial charge in [-0.25, -0.2) is 0 Å². The van der Waals surface area contributed by atoms with Crippen LogP contribution in [0.1, 0.15) is 0 Å². The molecule has 1 aromatic carbocycles. The van der Waals surface area contributed by atoms with Gasteiger partial charge in [0.1, 0.15) is 0 Å². The first-order valence-corrected chi connectivity index (χ1v) is 4.55. The number of hydrogen-bond donors (Lipinski definition) is 1. The molecule has 0 aliphatic rings. The number of nitrogen functional groups attached to an aromatic ring is 1. The quantitative estimate of drug-likeness (QED) is 0.661. The maximum Gasteiger partial charge on any atom is 0.0527 e. The lowest BCUT2D eigenvalue weighted by atomic mass is 10.1. The topological polar surface area (TPSA) is 26.0 Å². The number of benzene rings is 1. The molecule has 1 heterocycles. The van der Waals surface area contributed by atoms with E-state index in [-0.39, 0.29) is 0 Å². The van der Waals surface area contributed by atoms with Crippen LogP contribution in [0.4, 0.5) is 5.69 Å². The van der Waals surface area contributed by atoms with Gasteiger partial charge in [-0.2, -0.15) is 0 Å². The molecule has 0 atom stereocenters. The molecule has 0 spiro atoms. The Hall–Kier alpha value is -1.28. The van der Waals surface area contributed by atoms with Crippen molar-refractivity contribution in [2.75, 3.05) is 5.73 Å². The predicted octanol–water partition coefficient (Wildman–Crippen LogP) is 2.80. The lowest BCUT2D eigenvalue weighted by molar-refractivity contribution is 1.66. The molecule has 0 fully saturated rings. The van der Waals surface area contributed by atoms with Crippen molar-refractivity contribution in [3.05, 3.63) is 41.1 Å². The molecule has 0 aliphatic carbocycles. The first-order chi connectivity index (χ1) is 5.86. The molecule has 1 radical (unpaired) electrons. The lowest BCUT2D eigenvalue weighted by Crippen LogP contribution is -1.83. The molecule has 2 N–H and O–H groups in total. The fourth-order valence-electron chi connectivity index (χ4n) is 1.09. The van der Waals surface area contributed by atoms with Crippen LogP contribution in [0, 0.1) is 5.38 Å². The van der Waals surface area contributed by atoms with Crippen molar-refractivity contribution in [2.45, 2.75) is 0 Å².